The number of hydrogen-bond donors (Lipinski definition) is 0. The van der Waals surface area contributed by atoms with Crippen molar-refractivity contribution in [2.75, 3.05) is 6.61 Å². The molecule has 4 nitrogen and oxygen atoms in total. The van der Waals surface area contributed by atoms with Crippen molar-refractivity contribution in [3.05, 3.63) is 0 Å². The largest absolute Gasteiger partial charge is 0.466 e. The molecule has 1 heterocycles. The van der Waals surface area contributed by atoms with Gasteiger partial charge in [0.05, 0.1) is 6.61 Å². The average molecular weight is 228 g/mol. The topological polar surface area (TPSA) is 52.6 Å². The molecule has 1 fully saturated rings. The Morgan fingerprint density at radius 2 is 1.62 bits per heavy atom. The van der Waals surface area contributed by atoms with E-state index in [-0.39, 0.29) is 18.0 Å². The van der Waals surface area contributed by atoms with Crippen LogP contribution in [-0.2, 0) is 19.1 Å². The van der Waals surface area contributed by atoms with Gasteiger partial charge < -0.3 is 9.47 Å². The number of hydrogen-bond acceptors (Lipinski definition) is 4. The molecule has 92 valence electrons. The summed E-state index contributed by atoms with van der Waals surface area (Å²) in [7, 11) is 0. The summed E-state index contributed by atoms with van der Waals surface area (Å²) in [4.78, 5) is 22.6. The first-order valence-corrected chi connectivity index (χ1v) is 6.03. The highest BCUT2D eigenvalue weighted by Crippen LogP contribution is 2.10. The fourth-order valence-electron chi connectivity index (χ4n) is 1.65. The molecule has 0 radical (unpaired) electrons. The van der Waals surface area contributed by atoms with Crippen LogP contribution in [0.3, 0.4) is 0 Å². The van der Waals surface area contributed by atoms with Crippen molar-refractivity contribution in [2.45, 2.75) is 58.0 Å². The van der Waals surface area contributed by atoms with Crippen LogP contribution in [0.2, 0.25) is 0 Å². The lowest BCUT2D eigenvalue weighted by molar-refractivity contribution is -0.150. The lowest BCUT2D eigenvalue weighted by atomic mass is 10.1. The normalized spacial score (nSPS) is 25.7. The molecule has 0 spiro atoms. The monoisotopic (exact) mass is 228 g/mol. The number of esters is 2. The van der Waals surface area contributed by atoms with Crippen LogP contribution >= 0.6 is 0 Å². The van der Waals surface area contributed by atoms with Gasteiger partial charge in [0.1, 0.15) is 6.10 Å². The highest BCUT2D eigenvalue weighted by molar-refractivity contribution is 5.70. The molecule has 1 aliphatic heterocycles. The van der Waals surface area contributed by atoms with Crippen molar-refractivity contribution in [2.24, 2.45) is 0 Å². The molecule has 1 aliphatic rings. The van der Waals surface area contributed by atoms with Crippen molar-refractivity contribution in [1.29, 1.82) is 0 Å². The van der Waals surface area contributed by atoms with Gasteiger partial charge in [0.15, 0.2) is 0 Å². The van der Waals surface area contributed by atoms with E-state index >= 15 is 0 Å². The van der Waals surface area contributed by atoms with Gasteiger partial charge in [-0.2, -0.15) is 0 Å². The van der Waals surface area contributed by atoms with Crippen LogP contribution < -0.4 is 0 Å². The number of carbonyl (C=O) groups excluding carboxylic acids is 2. The Hall–Kier alpha value is -1.06. The van der Waals surface area contributed by atoms with Gasteiger partial charge in [-0.15, -0.1) is 0 Å². The van der Waals surface area contributed by atoms with Gasteiger partial charge in [-0.1, -0.05) is 12.8 Å². The number of cyclic esters (lactones) is 2. The van der Waals surface area contributed by atoms with Crippen LogP contribution in [0.15, 0.2) is 0 Å². The molecule has 0 aromatic rings. The second kappa shape index (κ2) is 7.25. The lowest BCUT2D eigenvalue weighted by Gasteiger charge is -2.12. The average Bonchev–Trinajstić information content (AvgIpc) is 2.23. The summed E-state index contributed by atoms with van der Waals surface area (Å²) < 4.78 is 10.2. The molecule has 16 heavy (non-hydrogen) atoms. The molecule has 0 aliphatic carbocycles. The SMILES string of the molecule is CC1CCOC(=O)CCCCCCC(=O)O1. The van der Waals surface area contributed by atoms with Crippen molar-refractivity contribution in [3.8, 4) is 0 Å². The fourth-order valence-corrected chi connectivity index (χ4v) is 1.65. The first-order valence-electron chi connectivity index (χ1n) is 6.03. The first-order chi connectivity index (χ1) is 7.68. The predicted molar refractivity (Wildman–Crippen MR) is 58.8 cm³/mol. The quantitative estimate of drug-likeness (QED) is 0.596. The number of carbonyl (C=O) groups is 2. The second-order valence-electron chi connectivity index (χ2n) is 4.22. The van der Waals surface area contributed by atoms with Gasteiger partial charge in [-0.05, 0) is 19.8 Å². The van der Waals surface area contributed by atoms with Crippen LogP contribution in [0.1, 0.15) is 51.9 Å². The summed E-state index contributed by atoms with van der Waals surface area (Å²) in [6.07, 6.45) is 5.03. The molecule has 1 atom stereocenters. The maximum atomic E-state index is 11.3. The first kappa shape index (κ1) is 13.0. The van der Waals surface area contributed by atoms with E-state index in [0.29, 0.717) is 25.9 Å². The summed E-state index contributed by atoms with van der Waals surface area (Å²) in [6.45, 7) is 2.17. The Bertz CT molecular complexity index is 237. The summed E-state index contributed by atoms with van der Waals surface area (Å²) >= 11 is 0. The van der Waals surface area contributed by atoms with E-state index in [1.54, 1.807) is 0 Å². The van der Waals surface area contributed by atoms with E-state index in [9.17, 15) is 9.59 Å². The minimum Gasteiger partial charge on any atom is -0.466 e. The van der Waals surface area contributed by atoms with Crippen molar-refractivity contribution < 1.29 is 19.1 Å². The Labute approximate surface area is 96.3 Å². The minimum absolute atomic E-state index is 0.141. The fraction of sp³-hybridized carbons (Fsp3) is 0.833. The zero-order valence-corrected chi connectivity index (χ0v) is 9.87. The molecule has 0 amide bonds. The Morgan fingerprint density at radius 1 is 1.00 bits per heavy atom. The Balaban J connectivity index is 2.37. The molecular formula is C12H20O4. The summed E-state index contributed by atoms with van der Waals surface area (Å²) in [5.41, 5.74) is 0. The third kappa shape index (κ3) is 5.73. The number of rotatable bonds is 0. The molecule has 0 aromatic carbocycles. The van der Waals surface area contributed by atoms with Crippen LogP contribution in [-0.4, -0.2) is 24.6 Å². The van der Waals surface area contributed by atoms with Crippen molar-refractivity contribution in [1.82, 2.24) is 0 Å². The summed E-state index contributed by atoms with van der Waals surface area (Å²) in [5, 5.41) is 0. The number of ether oxygens (including phenoxy) is 2. The zero-order valence-electron chi connectivity index (χ0n) is 9.87. The maximum Gasteiger partial charge on any atom is 0.306 e. The Kier molecular flexibility index (Phi) is 5.90. The van der Waals surface area contributed by atoms with Gasteiger partial charge in [0.25, 0.3) is 0 Å². The smallest absolute Gasteiger partial charge is 0.306 e. The van der Waals surface area contributed by atoms with Crippen molar-refractivity contribution in [3.63, 3.8) is 0 Å². The second-order valence-corrected chi connectivity index (χ2v) is 4.22. The predicted octanol–water partition coefficient (Wildman–Crippen LogP) is 2.21. The summed E-state index contributed by atoms with van der Waals surface area (Å²) in [6, 6.07) is 0. The third-order valence-electron chi connectivity index (χ3n) is 2.63. The van der Waals surface area contributed by atoms with Crippen LogP contribution in [0, 0.1) is 0 Å². The molecule has 4 heteroatoms. The molecule has 0 saturated carbocycles. The molecule has 0 aromatic heterocycles. The van der Waals surface area contributed by atoms with Gasteiger partial charge in [0, 0.05) is 19.3 Å². The molecule has 1 rings (SSSR count). The molecular weight excluding hydrogens is 208 g/mol. The zero-order chi connectivity index (χ0) is 11.8. The van der Waals surface area contributed by atoms with Crippen LogP contribution in [0.5, 0.6) is 0 Å². The lowest BCUT2D eigenvalue weighted by Crippen LogP contribution is -2.17. The molecule has 0 bridgehead atoms. The van der Waals surface area contributed by atoms with E-state index < -0.39 is 0 Å². The minimum atomic E-state index is -0.166. The highest BCUT2D eigenvalue weighted by atomic mass is 16.6. The van der Waals surface area contributed by atoms with E-state index in [0.717, 1.165) is 25.7 Å². The van der Waals surface area contributed by atoms with Gasteiger partial charge in [-0.3, -0.25) is 9.59 Å². The van der Waals surface area contributed by atoms with Gasteiger partial charge >= 0.3 is 11.9 Å². The maximum absolute atomic E-state index is 11.3. The van der Waals surface area contributed by atoms with Gasteiger partial charge in [-0.25, -0.2) is 0 Å². The molecule has 0 N–H and O–H groups in total. The van der Waals surface area contributed by atoms with E-state index in [2.05, 4.69) is 0 Å². The van der Waals surface area contributed by atoms with E-state index in [1.165, 1.54) is 0 Å². The van der Waals surface area contributed by atoms with E-state index in [4.69, 9.17) is 9.47 Å². The Morgan fingerprint density at radius 3 is 2.31 bits per heavy atom. The van der Waals surface area contributed by atoms with E-state index in [1.807, 2.05) is 6.92 Å². The standard InChI is InChI=1S/C12H20O4/c1-10-8-9-15-11(13)6-4-2-3-5-7-12(14)16-10/h10H,2-9H2,1H3. The summed E-state index contributed by atoms with van der Waals surface area (Å²) in [5.74, 6) is -0.282. The van der Waals surface area contributed by atoms with Crippen molar-refractivity contribution >= 4 is 11.9 Å². The molecule has 1 unspecified atom stereocenters. The molecule has 1 saturated heterocycles. The highest BCUT2D eigenvalue weighted by Gasteiger charge is 2.11. The third-order valence-corrected chi connectivity index (χ3v) is 2.63. The van der Waals surface area contributed by atoms with Crippen LogP contribution in [0.4, 0.5) is 0 Å². The van der Waals surface area contributed by atoms with Crippen LogP contribution in [0.25, 0.3) is 0 Å². The van der Waals surface area contributed by atoms with Gasteiger partial charge in [0.2, 0.25) is 0 Å².